The molecule has 0 unspecified atom stereocenters. The van der Waals surface area contributed by atoms with Crippen LogP contribution in [0.15, 0.2) is 39.7 Å². The molecule has 0 bridgehead atoms. The van der Waals surface area contributed by atoms with E-state index in [0.29, 0.717) is 31.9 Å². The van der Waals surface area contributed by atoms with Crippen molar-refractivity contribution in [2.24, 2.45) is 0 Å². The van der Waals surface area contributed by atoms with Crippen molar-refractivity contribution in [3.05, 3.63) is 42.2 Å². The number of carbonyl (C=O) groups is 1. The Hall–Kier alpha value is -1.92. The highest BCUT2D eigenvalue weighted by Crippen LogP contribution is 2.17. The molecule has 0 spiro atoms. The highest BCUT2D eigenvalue weighted by molar-refractivity contribution is 5.93. The number of aromatic nitrogens is 1. The van der Waals surface area contributed by atoms with E-state index >= 15 is 0 Å². The van der Waals surface area contributed by atoms with Gasteiger partial charge in [-0.15, -0.1) is 0 Å². The summed E-state index contributed by atoms with van der Waals surface area (Å²) >= 11 is 0. The average Bonchev–Trinajstić information content (AvgIpc) is 3.13. The minimum Gasteiger partial charge on any atom is -0.461 e. The molecule has 6 nitrogen and oxygen atoms in total. The smallest absolute Gasteiger partial charge is 0.199 e. The first kappa shape index (κ1) is 13.1. The van der Waals surface area contributed by atoms with Gasteiger partial charge in [-0.2, -0.15) is 0 Å². The van der Waals surface area contributed by atoms with Gasteiger partial charge in [0.25, 0.3) is 0 Å². The Morgan fingerprint density at radius 1 is 1.40 bits per heavy atom. The standard InChI is InChI=1S/C14H16N2O4/c17-13(14-2-1-5-19-14)8-12-10-18-7-4-16(12)9-11-3-6-20-15-11/h1-3,5-6,12H,4,7-10H2/t12-/m0/s1. The molecule has 0 aliphatic carbocycles. The Morgan fingerprint density at radius 3 is 3.10 bits per heavy atom. The molecular weight excluding hydrogens is 260 g/mol. The van der Waals surface area contributed by atoms with Gasteiger partial charge in [0.15, 0.2) is 11.5 Å². The molecule has 2 aromatic heterocycles. The summed E-state index contributed by atoms with van der Waals surface area (Å²) in [6.07, 6.45) is 3.45. The first-order chi connectivity index (χ1) is 9.83. The summed E-state index contributed by atoms with van der Waals surface area (Å²) in [5, 5.41) is 3.91. The van der Waals surface area contributed by atoms with Gasteiger partial charge in [-0.1, -0.05) is 5.16 Å². The molecule has 106 valence electrons. The van der Waals surface area contributed by atoms with Crippen molar-refractivity contribution in [2.75, 3.05) is 19.8 Å². The van der Waals surface area contributed by atoms with Crippen molar-refractivity contribution in [2.45, 2.75) is 19.0 Å². The fraction of sp³-hybridized carbons (Fsp3) is 0.429. The lowest BCUT2D eigenvalue weighted by Crippen LogP contribution is -2.45. The Morgan fingerprint density at radius 2 is 2.35 bits per heavy atom. The summed E-state index contributed by atoms with van der Waals surface area (Å²) in [6, 6.07) is 5.28. The minimum absolute atomic E-state index is 0.00403. The van der Waals surface area contributed by atoms with Crippen LogP contribution in [0.4, 0.5) is 0 Å². The van der Waals surface area contributed by atoms with E-state index in [0.717, 1.165) is 12.2 Å². The first-order valence-corrected chi connectivity index (χ1v) is 6.60. The fourth-order valence-electron chi connectivity index (χ4n) is 2.36. The van der Waals surface area contributed by atoms with E-state index in [1.165, 1.54) is 6.26 Å². The molecule has 1 aliphatic rings. The quantitative estimate of drug-likeness (QED) is 0.775. The largest absolute Gasteiger partial charge is 0.461 e. The lowest BCUT2D eigenvalue weighted by Gasteiger charge is -2.34. The van der Waals surface area contributed by atoms with Crippen LogP contribution < -0.4 is 0 Å². The third kappa shape index (κ3) is 2.97. The van der Waals surface area contributed by atoms with Gasteiger partial charge in [0.1, 0.15) is 6.26 Å². The highest BCUT2D eigenvalue weighted by atomic mass is 16.5. The van der Waals surface area contributed by atoms with Crippen LogP contribution >= 0.6 is 0 Å². The van der Waals surface area contributed by atoms with Gasteiger partial charge in [-0.25, -0.2) is 0 Å². The van der Waals surface area contributed by atoms with Gasteiger partial charge in [0, 0.05) is 31.6 Å². The number of ketones is 1. The number of ether oxygens (including phenoxy) is 1. The van der Waals surface area contributed by atoms with Crippen LogP contribution in [0.1, 0.15) is 22.7 Å². The molecule has 0 amide bonds. The Labute approximate surface area is 116 Å². The number of carbonyl (C=O) groups excluding carboxylic acids is 1. The second kappa shape index (κ2) is 6.02. The summed E-state index contributed by atoms with van der Waals surface area (Å²) in [5.41, 5.74) is 0.863. The number of morpholine rings is 1. The number of rotatable bonds is 5. The number of furan rings is 1. The lowest BCUT2D eigenvalue weighted by atomic mass is 10.1. The van der Waals surface area contributed by atoms with Crippen LogP contribution in [0.3, 0.4) is 0 Å². The van der Waals surface area contributed by atoms with Crippen LogP contribution in [0, 0.1) is 0 Å². The van der Waals surface area contributed by atoms with E-state index in [1.807, 2.05) is 6.07 Å². The summed E-state index contributed by atoms with van der Waals surface area (Å²) in [5.74, 6) is 0.396. The van der Waals surface area contributed by atoms with Gasteiger partial charge >= 0.3 is 0 Å². The molecule has 1 atom stereocenters. The zero-order valence-corrected chi connectivity index (χ0v) is 11.0. The zero-order chi connectivity index (χ0) is 13.8. The van der Waals surface area contributed by atoms with Gasteiger partial charge < -0.3 is 13.7 Å². The van der Waals surface area contributed by atoms with Gasteiger partial charge in [-0.05, 0) is 12.1 Å². The maximum Gasteiger partial charge on any atom is 0.199 e. The predicted octanol–water partition coefficient (Wildman–Crippen LogP) is 1.74. The number of hydrogen-bond acceptors (Lipinski definition) is 6. The summed E-state index contributed by atoms with van der Waals surface area (Å²) < 4.78 is 15.5. The molecule has 2 aromatic rings. The second-order valence-electron chi connectivity index (χ2n) is 4.79. The molecule has 0 aromatic carbocycles. The van der Waals surface area contributed by atoms with Crippen LogP contribution in [-0.2, 0) is 11.3 Å². The Kier molecular flexibility index (Phi) is 3.94. The molecule has 0 radical (unpaired) electrons. The molecule has 1 fully saturated rings. The Balaban J connectivity index is 1.64. The first-order valence-electron chi connectivity index (χ1n) is 6.60. The topological polar surface area (TPSA) is 68.7 Å². The van der Waals surface area contributed by atoms with Crippen molar-refractivity contribution in [1.82, 2.24) is 10.1 Å². The van der Waals surface area contributed by atoms with Gasteiger partial charge in [0.2, 0.25) is 0 Å². The van der Waals surface area contributed by atoms with Gasteiger partial charge in [0.05, 0.1) is 25.2 Å². The van der Waals surface area contributed by atoms with Crippen molar-refractivity contribution < 1.29 is 18.5 Å². The molecule has 3 rings (SSSR count). The number of nitrogens with zero attached hydrogens (tertiary/aromatic N) is 2. The molecule has 1 aliphatic heterocycles. The van der Waals surface area contributed by atoms with Crippen molar-refractivity contribution in [1.29, 1.82) is 0 Å². The molecule has 3 heterocycles. The summed E-state index contributed by atoms with van der Waals surface area (Å²) in [4.78, 5) is 14.3. The van der Waals surface area contributed by atoms with E-state index in [-0.39, 0.29) is 11.8 Å². The van der Waals surface area contributed by atoms with Crippen LogP contribution in [-0.4, -0.2) is 41.6 Å². The predicted molar refractivity (Wildman–Crippen MR) is 69.2 cm³/mol. The molecular formula is C14H16N2O4. The maximum atomic E-state index is 12.1. The number of Topliss-reactive ketones (excluding diaryl/α,β-unsaturated/α-hetero) is 1. The van der Waals surface area contributed by atoms with Crippen LogP contribution in [0.5, 0.6) is 0 Å². The highest BCUT2D eigenvalue weighted by Gasteiger charge is 2.27. The van der Waals surface area contributed by atoms with Crippen LogP contribution in [0.2, 0.25) is 0 Å². The lowest BCUT2D eigenvalue weighted by molar-refractivity contribution is -0.0136. The van der Waals surface area contributed by atoms with Gasteiger partial charge in [-0.3, -0.25) is 9.69 Å². The van der Waals surface area contributed by atoms with Crippen LogP contribution in [0.25, 0.3) is 0 Å². The maximum absolute atomic E-state index is 12.1. The molecule has 20 heavy (non-hydrogen) atoms. The van der Waals surface area contributed by atoms with Crippen molar-refractivity contribution in [3.8, 4) is 0 Å². The van der Waals surface area contributed by atoms with E-state index < -0.39 is 0 Å². The minimum atomic E-state index is -0.00403. The van der Waals surface area contributed by atoms with Crippen molar-refractivity contribution >= 4 is 5.78 Å². The second-order valence-corrected chi connectivity index (χ2v) is 4.79. The zero-order valence-electron chi connectivity index (χ0n) is 11.0. The monoisotopic (exact) mass is 276 g/mol. The number of hydrogen-bond donors (Lipinski definition) is 0. The van der Waals surface area contributed by atoms with E-state index in [4.69, 9.17) is 13.7 Å². The Bertz CT molecular complexity index is 536. The van der Waals surface area contributed by atoms with Crippen molar-refractivity contribution in [3.63, 3.8) is 0 Å². The van der Waals surface area contributed by atoms with E-state index in [9.17, 15) is 4.79 Å². The average molecular weight is 276 g/mol. The summed E-state index contributed by atoms with van der Waals surface area (Å²) in [6.45, 7) is 2.66. The van der Waals surface area contributed by atoms with E-state index in [2.05, 4.69) is 10.1 Å². The normalized spacial score (nSPS) is 20.1. The third-order valence-electron chi connectivity index (χ3n) is 3.42. The SMILES string of the molecule is O=C(C[C@H]1COCCN1Cc1ccon1)c1ccco1. The molecule has 1 saturated heterocycles. The fourth-order valence-corrected chi connectivity index (χ4v) is 2.36. The van der Waals surface area contributed by atoms with E-state index in [1.54, 1.807) is 18.4 Å². The molecule has 0 N–H and O–H groups in total. The third-order valence-corrected chi connectivity index (χ3v) is 3.42. The summed E-state index contributed by atoms with van der Waals surface area (Å²) in [7, 11) is 0. The molecule has 6 heteroatoms. The molecule has 0 saturated carbocycles.